The van der Waals surface area contributed by atoms with Gasteiger partial charge in [-0.3, -0.25) is 0 Å². The molecule has 6 rings (SSSR count). The fourth-order valence-electron chi connectivity index (χ4n) is 4.46. The second kappa shape index (κ2) is 9.57. The van der Waals surface area contributed by atoms with Gasteiger partial charge in [-0.05, 0) is 36.4 Å². The van der Waals surface area contributed by atoms with Gasteiger partial charge < -0.3 is 23.9 Å². The number of nitrogens with zero attached hydrogens (tertiary/aromatic N) is 6. The van der Waals surface area contributed by atoms with Gasteiger partial charge in [-0.2, -0.15) is 0 Å². The molecule has 0 bridgehead atoms. The highest BCUT2D eigenvalue weighted by atomic mass is 35.5. The summed E-state index contributed by atoms with van der Waals surface area (Å²) in [6, 6.07) is 10.0. The minimum atomic E-state index is -0.264. The van der Waals surface area contributed by atoms with Crippen LogP contribution in [0.1, 0.15) is 11.7 Å². The predicted octanol–water partition coefficient (Wildman–Crippen LogP) is 4.98. The van der Waals surface area contributed by atoms with Gasteiger partial charge in [0.25, 0.3) is 0 Å². The molecule has 9 nitrogen and oxygen atoms in total. The molecule has 0 radical (unpaired) electrons. The van der Waals surface area contributed by atoms with Crippen LogP contribution in [0.2, 0.25) is 0 Å². The molecule has 36 heavy (non-hydrogen) atoms. The van der Waals surface area contributed by atoms with Crippen LogP contribution in [0.25, 0.3) is 22.5 Å². The van der Waals surface area contributed by atoms with Crippen molar-refractivity contribution >= 4 is 51.8 Å². The molecule has 184 valence electrons. The van der Waals surface area contributed by atoms with E-state index in [9.17, 15) is 0 Å². The Morgan fingerprint density at radius 2 is 1.97 bits per heavy atom. The number of benzene rings is 1. The first-order valence-electron chi connectivity index (χ1n) is 11.6. The highest BCUT2D eigenvalue weighted by Gasteiger charge is 2.29. The lowest BCUT2D eigenvalue weighted by Crippen LogP contribution is -2.36. The lowest BCUT2D eigenvalue weighted by Gasteiger charge is -2.27. The van der Waals surface area contributed by atoms with Crippen molar-refractivity contribution in [2.75, 3.05) is 36.5 Å². The van der Waals surface area contributed by atoms with Crippen LogP contribution >= 0.6 is 23.2 Å². The quantitative estimate of drug-likeness (QED) is 0.366. The normalized spacial score (nSPS) is 20.1. The van der Waals surface area contributed by atoms with Crippen molar-refractivity contribution in [2.24, 2.45) is 7.05 Å². The number of anilines is 3. The number of hydrogen-bond acceptors (Lipinski definition) is 8. The van der Waals surface area contributed by atoms with Crippen molar-refractivity contribution in [2.45, 2.75) is 11.3 Å². The van der Waals surface area contributed by atoms with Crippen LogP contribution < -0.4 is 10.2 Å². The Balaban J connectivity index is 1.21. The summed E-state index contributed by atoms with van der Waals surface area (Å²) in [6.45, 7) is 3.11. The number of ether oxygens (including phenoxy) is 1. The van der Waals surface area contributed by atoms with Crippen LogP contribution in [0, 0.1) is 0 Å². The number of rotatable bonds is 5. The van der Waals surface area contributed by atoms with Gasteiger partial charge in [-0.1, -0.05) is 28.9 Å². The topological polar surface area (TPSA) is 94.1 Å². The Labute approximate surface area is 217 Å². The van der Waals surface area contributed by atoms with E-state index in [0.717, 1.165) is 47.0 Å². The number of allylic oxidation sites excluding steroid dienone is 4. The molecule has 4 aromatic rings. The standard InChI is InChI=1S/C25H23Cl2N7O2/c1-33-20-13-15(5-7-19(20)30-23(33)22-17(26)3-2-4-18(22)27)24-31-32-25(36-24)29-16-6-8-21(28-14-16)34-9-11-35-12-10-34/h2-8,13-14,17,22H,9-12H2,1H3,(H,29,32)/t17?,22-/m1/s1. The van der Waals surface area contributed by atoms with Crippen molar-refractivity contribution in [1.82, 2.24) is 24.7 Å². The van der Waals surface area contributed by atoms with E-state index in [-0.39, 0.29) is 17.3 Å². The molecule has 3 aromatic heterocycles. The fourth-order valence-corrected chi connectivity index (χ4v) is 5.16. The number of aryl methyl sites for hydroxylation is 1. The highest BCUT2D eigenvalue weighted by molar-refractivity contribution is 6.32. The minimum absolute atomic E-state index is 0.207. The maximum atomic E-state index is 6.54. The van der Waals surface area contributed by atoms with Crippen LogP contribution in [0.4, 0.5) is 17.5 Å². The number of morpholine rings is 1. The Morgan fingerprint density at radius 1 is 1.11 bits per heavy atom. The zero-order chi connectivity index (χ0) is 24.6. The Kier molecular flexibility index (Phi) is 6.12. The van der Waals surface area contributed by atoms with Crippen molar-refractivity contribution in [3.8, 4) is 11.5 Å². The van der Waals surface area contributed by atoms with Crippen LogP contribution in [0.3, 0.4) is 0 Å². The van der Waals surface area contributed by atoms with E-state index >= 15 is 0 Å². The molecule has 1 aromatic carbocycles. The summed E-state index contributed by atoms with van der Waals surface area (Å²) in [5.41, 5.74) is 3.30. The molecule has 1 aliphatic heterocycles. The second-order valence-electron chi connectivity index (χ2n) is 8.63. The van der Waals surface area contributed by atoms with Crippen LogP contribution in [-0.2, 0) is 11.8 Å². The van der Waals surface area contributed by atoms with E-state index in [0.29, 0.717) is 24.1 Å². The monoisotopic (exact) mass is 523 g/mol. The van der Waals surface area contributed by atoms with E-state index in [1.165, 1.54) is 0 Å². The third-order valence-corrected chi connectivity index (χ3v) is 7.12. The fraction of sp³-hybridized carbons (Fsp3) is 0.280. The average molecular weight is 524 g/mol. The summed E-state index contributed by atoms with van der Waals surface area (Å²) in [6.07, 6.45) is 7.39. The van der Waals surface area contributed by atoms with Gasteiger partial charge in [0, 0.05) is 30.7 Å². The first-order chi connectivity index (χ1) is 17.6. The molecule has 2 aliphatic rings. The van der Waals surface area contributed by atoms with Gasteiger partial charge in [0.05, 0.1) is 47.4 Å². The number of imidazole rings is 1. The number of pyridine rings is 1. The molecule has 1 saturated heterocycles. The van der Waals surface area contributed by atoms with E-state index < -0.39 is 0 Å². The Morgan fingerprint density at radius 3 is 2.75 bits per heavy atom. The van der Waals surface area contributed by atoms with Gasteiger partial charge in [0.15, 0.2) is 0 Å². The molecule has 0 amide bonds. The average Bonchev–Trinajstić information content (AvgIpc) is 3.49. The molecular weight excluding hydrogens is 501 g/mol. The summed E-state index contributed by atoms with van der Waals surface area (Å²) >= 11 is 13.0. The van der Waals surface area contributed by atoms with E-state index in [4.69, 9.17) is 37.3 Å². The van der Waals surface area contributed by atoms with E-state index in [2.05, 4.69) is 25.4 Å². The minimum Gasteiger partial charge on any atom is -0.403 e. The number of fused-ring (bicyclic) bond motifs is 1. The second-order valence-corrected chi connectivity index (χ2v) is 9.57. The van der Waals surface area contributed by atoms with Gasteiger partial charge in [0.2, 0.25) is 5.89 Å². The SMILES string of the molecule is Cn1c([C@H]2C(Cl)=CC=CC2Cl)nc2ccc(-c3nnc(Nc4ccc(N5CCOCC5)nc4)o3)cc21. The van der Waals surface area contributed by atoms with Crippen molar-refractivity contribution in [3.05, 3.63) is 65.6 Å². The van der Waals surface area contributed by atoms with E-state index in [1.807, 2.05) is 60.2 Å². The summed E-state index contributed by atoms with van der Waals surface area (Å²) < 4.78 is 13.3. The lowest BCUT2D eigenvalue weighted by molar-refractivity contribution is 0.122. The maximum Gasteiger partial charge on any atom is 0.320 e. The van der Waals surface area contributed by atoms with Crippen LogP contribution in [0.15, 0.2) is 64.2 Å². The number of aromatic nitrogens is 5. The number of hydrogen-bond donors (Lipinski definition) is 1. The first-order valence-corrected chi connectivity index (χ1v) is 12.4. The summed E-state index contributed by atoms with van der Waals surface area (Å²) in [5.74, 6) is 1.91. The lowest BCUT2D eigenvalue weighted by atomic mass is 9.99. The Hall–Kier alpha value is -3.40. The number of alkyl halides is 1. The zero-order valence-corrected chi connectivity index (χ0v) is 20.9. The summed E-state index contributed by atoms with van der Waals surface area (Å²) in [5, 5.41) is 11.9. The molecule has 1 N–H and O–H groups in total. The maximum absolute atomic E-state index is 6.54. The number of nitrogens with one attached hydrogen (secondary N) is 1. The smallest absolute Gasteiger partial charge is 0.320 e. The predicted molar refractivity (Wildman–Crippen MR) is 140 cm³/mol. The van der Waals surface area contributed by atoms with Gasteiger partial charge >= 0.3 is 6.01 Å². The first kappa shape index (κ1) is 23.0. The number of halogens is 2. The molecular formula is C25H23Cl2N7O2. The van der Waals surface area contributed by atoms with E-state index in [1.54, 1.807) is 6.20 Å². The third-order valence-electron chi connectivity index (χ3n) is 6.37. The zero-order valence-electron chi connectivity index (χ0n) is 19.4. The Bertz CT molecular complexity index is 1460. The summed E-state index contributed by atoms with van der Waals surface area (Å²) in [4.78, 5) is 11.5. The van der Waals surface area contributed by atoms with Crippen molar-refractivity contribution < 1.29 is 9.15 Å². The molecule has 11 heteroatoms. The van der Waals surface area contributed by atoms with Gasteiger partial charge in [-0.15, -0.1) is 16.7 Å². The van der Waals surface area contributed by atoms with Crippen LogP contribution in [0.5, 0.6) is 0 Å². The molecule has 1 unspecified atom stereocenters. The molecule has 1 aliphatic carbocycles. The largest absolute Gasteiger partial charge is 0.403 e. The highest BCUT2D eigenvalue weighted by Crippen LogP contribution is 2.38. The van der Waals surface area contributed by atoms with Gasteiger partial charge in [-0.25, -0.2) is 9.97 Å². The van der Waals surface area contributed by atoms with Crippen molar-refractivity contribution in [3.63, 3.8) is 0 Å². The summed E-state index contributed by atoms with van der Waals surface area (Å²) in [7, 11) is 1.95. The van der Waals surface area contributed by atoms with Crippen LogP contribution in [-0.4, -0.2) is 56.4 Å². The molecule has 0 saturated carbocycles. The van der Waals surface area contributed by atoms with Crippen molar-refractivity contribution in [1.29, 1.82) is 0 Å². The third kappa shape index (κ3) is 4.34. The molecule has 4 heterocycles. The molecule has 1 fully saturated rings. The molecule has 0 spiro atoms. The molecule has 2 atom stereocenters. The van der Waals surface area contributed by atoms with Gasteiger partial charge in [0.1, 0.15) is 11.6 Å².